The van der Waals surface area contributed by atoms with Crippen LogP contribution in [0.15, 0.2) is 36.8 Å². The summed E-state index contributed by atoms with van der Waals surface area (Å²) in [5, 5.41) is 13.3. The van der Waals surface area contributed by atoms with Gasteiger partial charge in [0.25, 0.3) is 0 Å². The zero-order chi connectivity index (χ0) is 12.5. The fraction of sp³-hybridized carbons (Fsp3) is 0.231. The molecule has 1 heterocycles. The van der Waals surface area contributed by atoms with E-state index in [1.54, 1.807) is 6.20 Å². The lowest BCUT2D eigenvalue weighted by Crippen LogP contribution is -2.22. The highest BCUT2D eigenvalue weighted by molar-refractivity contribution is 5.60. The van der Waals surface area contributed by atoms with Gasteiger partial charge in [0, 0.05) is 6.42 Å². The summed E-state index contributed by atoms with van der Waals surface area (Å²) in [4.78, 5) is 7.94. The average molecular weight is 242 g/mol. The zero-order valence-electron chi connectivity index (χ0n) is 9.74. The largest absolute Gasteiger partial charge is 0.394 e. The predicted octanol–water partition coefficient (Wildman–Crippen LogP) is 1.13. The van der Waals surface area contributed by atoms with Gasteiger partial charge < -0.3 is 16.2 Å². The van der Waals surface area contributed by atoms with Crippen LogP contribution in [0, 0.1) is 0 Å². The van der Waals surface area contributed by atoms with E-state index in [1.807, 2.05) is 24.3 Å². The van der Waals surface area contributed by atoms with Crippen LogP contribution < -0.4 is 11.1 Å². The third-order valence-electron chi connectivity index (χ3n) is 3.24. The number of nitrogens with one attached hydrogen (secondary N) is 1. The molecule has 92 valence electrons. The number of hydrogen-bond donors (Lipinski definition) is 3. The Morgan fingerprint density at radius 1 is 1.33 bits per heavy atom. The highest BCUT2D eigenvalue weighted by Gasteiger charge is 2.31. The summed E-state index contributed by atoms with van der Waals surface area (Å²) in [5.41, 5.74) is 8.54. The molecule has 0 saturated heterocycles. The van der Waals surface area contributed by atoms with Crippen LogP contribution in [0.5, 0.6) is 0 Å². The Kier molecular flexibility index (Phi) is 2.60. The van der Waals surface area contributed by atoms with E-state index >= 15 is 0 Å². The second kappa shape index (κ2) is 4.27. The van der Waals surface area contributed by atoms with E-state index in [1.165, 1.54) is 6.33 Å². The summed E-state index contributed by atoms with van der Waals surface area (Å²) in [6, 6.07) is 7.82. The van der Waals surface area contributed by atoms with Crippen molar-refractivity contribution in [3.8, 4) is 0 Å². The van der Waals surface area contributed by atoms with E-state index in [0.717, 1.165) is 11.1 Å². The molecule has 5 nitrogen and oxygen atoms in total. The molecular formula is C13H14N4O. The van der Waals surface area contributed by atoms with Crippen molar-refractivity contribution >= 4 is 11.5 Å². The molecule has 1 aromatic heterocycles. The third kappa shape index (κ3) is 1.78. The van der Waals surface area contributed by atoms with Crippen molar-refractivity contribution in [1.82, 2.24) is 9.97 Å². The summed E-state index contributed by atoms with van der Waals surface area (Å²) in [7, 11) is 0. The van der Waals surface area contributed by atoms with Crippen molar-refractivity contribution in [2.45, 2.75) is 18.6 Å². The molecule has 0 spiro atoms. The van der Waals surface area contributed by atoms with Gasteiger partial charge in [-0.15, -0.1) is 0 Å². The Balaban J connectivity index is 1.92. The van der Waals surface area contributed by atoms with Crippen LogP contribution in [0.1, 0.15) is 17.2 Å². The smallest absolute Gasteiger partial charge is 0.153 e. The first kappa shape index (κ1) is 11.0. The number of rotatable bonds is 2. The molecule has 0 fully saturated rings. The number of aliphatic hydroxyl groups is 1. The van der Waals surface area contributed by atoms with Gasteiger partial charge in [-0.25, -0.2) is 9.97 Å². The summed E-state index contributed by atoms with van der Waals surface area (Å²) >= 11 is 0. The summed E-state index contributed by atoms with van der Waals surface area (Å²) in [5.74, 6) is 0.561. The molecule has 2 aromatic rings. The number of anilines is 2. The van der Waals surface area contributed by atoms with Gasteiger partial charge in [-0.05, 0) is 11.1 Å². The number of benzene rings is 1. The van der Waals surface area contributed by atoms with E-state index in [2.05, 4.69) is 15.3 Å². The molecule has 0 aliphatic heterocycles. The maximum atomic E-state index is 10.1. The minimum absolute atomic E-state index is 0.168. The maximum absolute atomic E-state index is 10.1. The highest BCUT2D eigenvalue weighted by Crippen LogP contribution is 2.34. The number of nitrogen functional groups attached to an aromatic ring is 1. The molecular weight excluding hydrogens is 228 g/mol. The van der Waals surface area contributed by atoms with Gasteiger partial charge in [-0.1, -0.05) is 24.3 Å². The van der Waals surface area contributed by atoms with Gasteiger partial charge in [0.2, 0.25) is 0 Å². The number of aliphatic hydroxyl groups excluding tert-OH is 1. The molecule has 0 radical (unpaired) electrons. The van der Waals surface area contributed by atoms with Gasteiger partial charge >= 0.3 is 0 Å². The van der Waals surface area contributed by atoms with Gasteiger partial charge in [0.1, 0.15) is 6.33 Å². The lowest BCUT2D eigenvalue weighted by molar-refractivity contribution is 0.165. The summed E-state index contributed by atoms with van der Waals surface area (Å²) < 4.78 is 0. The van der Waals surface area contributed by atoms with Crippen molar-refractivity contribution in [3.05, 3.63) is 47.9 Å². The number of fused-ring (bicyclic) bond motifs is 1. The van der Waals surface area contributed by atoms with Gasteiger partial charge in [0.05, 0.1) is 24.0 Å². The van der Waals surface area contributed by atoms with Crippen LogP contribution in [0.3, 0.4) is 0 Å². The Morgan fingerprint density at radius 2 is 2.17 bits per heavy atom. The molecule has 4 N–H and O–H groups in total. The Bertz CT molecular complexity index is 572. The second-order valence-electron chi connectivity index (χ2n) is 4.42. The van der Waals surface area contributed by atoms with Gasteiger partial charge in [0.15, 0.2) is 5.82 Å². The van der Waals surface area contributed by atoms with Crippen LogP contribution in [-0.2, 0) is 6.42 Å². The van der Waals surface area contributed by atoms with E-state index in [-0.39, 0.29) is 6.04 Å². The minimum atomic E-state index is -0.461. The summed E-state index contributed by atoms with van der Waals surface area (Å²) in [6.07, 6.45) is 3.17. The van der Waals surface area contributed by atoms with E-state index in [4.69, 9.17) is 5.73 Å². The summed E-state index contributed by atoms with van der Waals surface area (Å²) in [6.45, 7) is 0. The van der Waals surface area contributed by atoms with Crippen molar-refractivity contribution in [2.75, 3.05) is 11.1 Å². The molecule has 2 atom stereocenters. The van der Waals surface area contributed by atoms with Crippen LogP contribution in [0.4, 0.5) is 11.5 Å². The van der Waals surface area contributed by atoms with E-state index < -0.39 is 6.10 Å². The average Bonchev–Trinajstić information content (AvgIpc) is 2.69. The molecule has 0 amide bonds. The van der Waals surface area contributed by atoms with E-state index in [0.29, 0.717) is 17.9 Å². The molecule has 1 aliphatic rings. The SMILES string of the molecule is Nc1cncnc1N[C@@H]1c2ccccc2C[C@H]1O. The van der Waals surface area contributed by atoms with Crippen LogP contribution in [0.25, 0.3) is 0 Å². The molecule has 3 rings (SSSR count). The zero-order valence-corrected chi connectivity index (χ0v) is 9.74. The molecule has 0 saturated carbocycles. The standard InChI is InChI=1S/C13H14N4O/c14-10-6-15-7-16-13(10)17-12-9-4-2-1-3-8(9)5-11(12)18/h1-4,6-7,11-12,18H,5,14H2,(H,15,16,17)/t11-,12-/m1/s1. The lowest BCUT2D eigenvalue weighted by atomic mass is 10.1. The molecule has 1 aliphatic carbocycles. The number of hydrogen-bond acceptors (Lipinski definition) is 5. The van der Waals surface area contributed by atoms with Gasteiger partial charge in [-0.3, -0.25) is 0 Å². The first-order chi connectivity index (χ1) is 8.75. The maximum Gasteiger partial charge on any atom is 0.153 e. The quantitative estimate of drug-likeness (QED) is 0.735. The Labute approximate surface area is 105 Å². The first-order valence-electron chi connectivity index (χ1n) is 5.83. The highest BCUT2D eigenvalue weighted by atomic mass is 16.3. The van der Waals surface area contributed by atoms with Crippen LogP contribution >= 0.6 is 0 Å². The number of aromatic nitrogens is 2. The van der Waals surface area contributed by atoms with Crippen LogP contribution in [0.2, 0.25) is 0 Å². The molecule has 1 aromatic carbocycles. The van der Waals surface area contributed by atoms with Crippen molar-refractivity contribution in [3.63, 3.8) is 0 Å². The van der Waals surface area contributed by atoms with Crippen molar-refractivity contribution < 1.29 is 5.11 Å². The van der Waals surface area contributed by atoms with Crippen molar-refractivity contribution in [2.24, 2.45) is 0 Å². The molecule has 0 unspecified atom stereocenters. The first-order valence-corrected chi connectivity index (χ1v) is 5.83. The van der Waals surface area contributed by atoms with Crippen molar-refractivity contribution in [1.29, 1.82) is 0 Å². The normalized spacial score (nSPS) is 21.6. The number of nitrogens with two attached hydrogens (primary N) is 1. The number of nitrogens with zero attached hydrogens (tertiary/aromatic N) is 2. The Hall–Kier alpha value is -2.14. The lowest BCUT2D eigenvalue weighted by Gasteiger charge is -2.19. The molecule has 0 bridgehead atoms. The second-order valence-corrected chi connectivity index (χ2v) is 4.42. The fourth-order valence-electron chi connectivity index (χ4n) is 2.36. The predicted molar refractivity (Wildman–Crippen MR) is 69.0 cm³/mol. The minimum Gasteiger partial charge on any atom is -0.394 e. The third-order valence-corrected chi connectivity index (χ3v) is 3.24. The van der Waals surface area contributed by atoms with Gasteiger partial charge in [-0.2, -0.15) is 0 Å². The van der Waals surface area contributed by atoms with Crippen LogP contribution in [-0.4, -0.2) is 21.2 Å². The monoisotopic (exact) mass is 242 g/mol. The van der Waals surface area contributed by atoms with E-state index in [9.17, 15) is 5.11 Å². The molecule has 18 heavy (non-hydrogen) atoms. The molecule has 5 heteroatoms. The fourth-order valence-corrected chi connectivity index (χ4v) is 2.36. The topological polar surface area (TPSA) is 84.1 Å². The Morgan fingerprint density at radius 3 is 3.00 bits per heavy atom.